The molecule has 0 fully saturated rings. The van der Waals surface area contributed by atoms with Crippen LogP contribution in [-0.2, 0) is 36.7 Å². The van der Waals surface area contributed by atoms with Crippen molar-refractivity contribution in [2.24, 2.45) is 0 Å². The van der Waals surface area contributed by atoms with Crippen LogP contribution in [0.3, 0.4) is 0 Å². The SMILES string of the molecule is CCCC1=Cc2c(ccc(CC)c2-c2cc(C(F)(F)F)cc(C(F)(F)F)c2)[CH]1[Zr]([Cl])([Cl])[c]1cccc2c1[SiH2]c1ccccc1-2. The molecule has 0 spiro atoms. The van der Waals surface area contributed by atoms with E-state index in [0.717, 1.165) is 38.5 Å². The minimum atomic E-state index is -4.95. The monoisotopic (exact) mass is 738 g/mol. The minimum absolute atomic E-state index is 0.109. The van der Waals surface area contributed by atoms with Crippen LogP contribution < -0.4 is 13.6 Å². The molecule has 0 amide bonds. The second-order valence-corrected chi connectivity index (χ2v) is 27.3. The van der Waals surface area contributed by atoms with E-state index in [0.29, 0.717) is 29.5 Å². The van der Waals surface area contributed by atoms with Crippen molar-refractivity contribution in [3.8, 4) is 22.3 Å². The third-order valence-corrected chi connectivity index (χ3v) is 23.1. The number of benzene rings is 4. The Hall–Kier alpha value is -2.12. The number of aryl methyl sites for hydroxylation is 1. The summed E-state index contributed by atoms with van der Waals surface area (Å²) in [6.45, 7) is 3.87. The van der Waals surface area contributed by atoms with Crippen LogP contribution >= 0.6 is 17.0 Å². The molecule has 0 nitrogen and oxygen atoms in total. The van der Waals surface area contributed by atoms with Gasteiger partial charge in [0.25, 0.3) is 0 Å². The quantitative estimate of drug-likeness (QED) is 0.120. The van der Waals surface area contributed by atoms with Gasteiger partial charge in [-0.15, -0.1) is 0 Å². The van der Waals surface area contributed by atoms with Crippen LogP contribution in [0.2, 0.25) is 0 Å². The van der Waals surface area contributed by atoms with E-state index in [1.54, 1.807) is 0 Å². The van der Waals surface area contributed by atoms with Gasteiger partial charge in [0, 0.05) is 0 Å². The average molecular weight is 741 g/mol. The number of hydrogen-bond donors (Lipinski definition) is 0. The second kappa shape index (κ2) is 11.6. The standard InChI is InChI=1S/C22H19F6.C12H9Si.2ClH.Zr/c1-3-5-13-8-15-7-6-14(4-2)20(19(15)9-13)16-10-17(21(23,24)25)12-18(11-16)22(26,27)28;1-3-7-11-9(5-1)10-6-2-4-8-12(10)13-11;;;/h6-12H,3-5H2,1-2H3;1-7H,13H2;2*1H;/q;;;;+2/p-2. The van der Waals surface area contributed by atoms with Gasteiger partial charge in [-0.1, -0.05) is 0 Å². The topological polar surface area (TPSA) is 0 Å². The molecule has 0 N–H and O–H groups in total. The molecule has 228 valence electrons. The van der Waals surface area contributed by atoms with Gasteiger partial charge in [0.05, 0.1) is 0 Å². The summed E-state index contributed by atoms with van der Waals surface area (Å²) in [5.74, 6) is 0. The Labute approximate surface area is 266 Å². The van der Waals surface area contributed by atoms with Crippen LogP contribution in [0.25, 0.3) is 28.3 Å². The summed E-state index contributed by atoms with van der Waals surface area (Å²) in [7, 11) is 14.5. The number of alkyl halides is 6. The Morgan fingerprint density at radius 1 is 0.795 bits per heavy atom. The zero-order valence-electron chi connectivity index (χ0n) is 23.9. The van der Waals surface area contributed by atoms with Crippen molar-refractivity contribution in [1.29, 1.82) is 0 Å². The maximum absolute atomic E-state index is 13.9. The van der Waals surface area contributed by atoms with Gasteiger partial charge in [-0.3, -0.25) is 0 Å². The van der Waals surface area contributed by atoms with Gasteiger partial charge < -0.3 is 0 Å². The summed E-state index contributed by atoms with van der Waals surface area (Å²) in [4.78, 5) is 0. The van der Waals surface area contributed by atoms with Crippen molar-refractivity contribution in [1.82, 2.24) is 0 Å². The number of hydrogen-bond acceptors (Lipinski definition) is 0. The van der Waals surface area contributed by atoms with Gasteiger partial charge in [0.15, 0.2) is 0 Å². The van der Waals surface area contributed by atoms with Crippen molar-refractivity contribution >= 4 is 46.3 Å². The summed E-state index contributed by atoms with van der Waals surface area (Å²) in [5.41, 5.74) is 3.06. The Bertz CT molecular complexity index is 1780. The van der Waals surface area contributed by atoms with Crippen LogP contribution in [0, 0.1) is 0 Å². The van der Waals surface area contributed by atoms with Crippen molar-refractivity contribution < 1.29 is 44.2 Å². The van der Waals surface area contributed by atoms with E-state index in [-0.39, 0.29) is 15.3 Å². The number of rotatable bonds is 6. The normalized spacial score (nSPS) is 16.6. The summed E-state index contributed by atoms with van der Waals surface area (Å²) < 4.78 is 84.0. The van der Waals surface area contributed by atoms with Crippen LogP contribution in [0.5, 0.6) is 0 Å². The summed E-state index contributed by atoms with van der Waals surface area (Å²) in [5, 5.41) is 2.58. The zero-order valence-corrected chi connectivity index (χ0v) is 29.3. The van der Waals surface area contributed by atoms with Crippen LogP contribution in [0.1, 0.15) is 58.1 Å². The zero-order chi connectivity index (χ0) is 31.6. The van der Waals surface area contributed by atoms with E-state index in [9.17, 15) is 26.3 Å². The van der Waals surface area contributed by atoms with Gasteiger partial charge in [-0.25, -0.2) is 0 Å². The van der Waals surface area contributed by atoms with Gasteiger partial charge >= 0.3 is 268 Å². The van der Waals surface area contributed by atoms with Crippen LogP contribution in [0.15, 0.2) is 78.4 Å². The fraction of sp³-hybridized carbons (Fsp3) is 0.235. The molecule has 6 rings (SSSR count). The molecule has 0 radical (unpaired) electrons. The Balaban J connectivity index is 1.56. The van der Waals surface area contributed by atoms with E-state index in [1.165, 1.54) is 15.9 Å². The van der Waals surface area contributed by atoms with Crippen molar-refractivity contribution in [3.63, 3.8) is 0 Å². The van der Waals surface area contributed by atoms with Gasteiger partial charge in [0.1, 0.15) is 0 Å². The Morgan fingerprint density at radius 3 is 2.09 bits per heavy atom. The molecule has 0 aromatic heterocycles. The molecule has 0 saturated carbocycles. The third-order valence-electron chi connectivity index (χ3n) is 8.75. The molecule has 0 saturated heterocycles. The molecule has 4 aromatic carbocycles. The molecule has 10 heteroatoms. The van der Waals surface area contributed by atoms with Crippen molar-refractivity contribution in [2.45, 2.75) is 49.1 Å². The molecule has 4 aromatic rings. The molecule has 2 aliphatic rings. The van der Waals surface area contributed by atoms with E-state index in [4.69, 9.17) is 17.0 Å². The van der Waals surface area contributed by atoms with E-state index >= 15 is 0 Å². The predicted octanol–water partition coefficient (Wildman–Crippen LogP) is 9.08. The number of fused-ring (bicyclic) bond motifs is 4. The van der Waals surface area contributed by atoms with Gasteiger partial charge in [0.2, 0.25) is 0 Å². The molecule has 1 aliphatic carbocycles. The fourth-order valence-corrected chi connectivity index (χ4v) is 23.7. The molecular formula is C34H28Cl2F6SiZr. The summed E-state index contributed by atoms with van der Waals surface area (Å²) in [6.07, 6.45) is -6.07. The molecular weight excluding hydrogens is 713 g/mol. The molecule has 1 unspecified atom stereocenters. The second-order valence-electron chi connectivity index (χ2n) is 11.4. The van der Waals surface area contributed by atoms with Crippen LogP contribution in [0.4, 0.5) is 26.3 Å². The van der Waals surface area contributed by atoms with Gasteiger partial charge in [-0.2, -0.15) is 0 Å². The first-order valence-electron chi connectivity index (χ1n) is 14.5. The molecule has 44 heavy (non-hydrogen) atoms. The Morgan fingerprint density at radius 2 is 1.45 bits per heavy atom. The van der Waals surface area contributed by atoms with Crippen molar-refractivity contribution in [3.05, 3.63) is 106 Å². The molecule has 1 heterocycles. The first kappa shape index (κ1) is 31.8. The van der Waals surface area contributed by atoms with Crippen LogP contribution in [-0.4, -0.2) is 9.52 Å². The summed E-state index contributed by atoms with van der Waals surface area (Å²) in [6, 6.07) is 20.1. The fourth-order valence-electron chi connectivity index (χ4n) is 6.85. The molecule has 0 bridgehead atoms. The first-order valence-corrected chi connectivity index (χ1v) is 24.9. The average Bonchev–Trinajstić information content (AvgIpc) is 3.54. The van der Waals surface area contributed by atoms with Crippen molar-refractivity contribution in [2.75, 3.05) is 0 Å². The summed E-state index contributed by atoms with van der Waals surface area (Å²) >= 11 is -4.37. The van der Waals surface area contributed by atoms with Gasteiger partial charge in [-0.05, 0) is 0 Å². The van der Waals surface area contributed by atoms with E-state index in [2.05, 4.69) is 18.2 Å². The first-order chi connectivity index (χ1) is 20.8. The van der Waals surface area contributed by atoms with E-state index < -0.39 is 50.9 Å². The number of halogens is 8. The number of allylic oxidation sites excluding steroid dienone is 1. The molecule has 1 atom stereocenters. The Kier molecular flexibility index (Phi) is 8.39. The maximum atomic E-state index is 13.9. The molecule has 1 aliphatic heterocycles. The van der Waals surface area contributed by atoms with E-state index in [1.807, 2.05) is 56.3 Å². The third kappa shape index (κ3) is 5.48. The predicted molar refractivity (Wildman–Crippen MR) is 168 cm³/mol.